The number of likely N-dealkylation sites (N-methyl/N-ethyl adjacent to an activating group) is 1. The fourth-order valence-electron chi connectivity index (χ4n) is 2.80. The minimum atomic E-state index is -0.0328. The van der Waals surface area contributed by atoms with Crippen molar-refractivity contribution in [2.75, 3.05) is 18.5 Å². The van der Waals surface area contributed by atoms with E-state index in [9.17, 15) is 4.79 Å². The summed E-state index contributed by atoms with van der Waals surface area (Å²) in [5.74, 6) is 0.805. The molecule has 2 unspecified atom stereocenters. The zero-order valence-corrected chi connectivity index (χ0v) is 12.4. The number of piperidine rings is 1. The van der Waals surface area contributed by atoms with E-state index in [4.69, 9.17) is 0 Å². The molecule has 1 fully saturated rings. The zero-order valence-electron chi connectivity index (χ0n) is 12.4. The molecule has 3 heteroatoms. The van der Waals surface area contributed by atoms with E-state index in [1.807, 2.05) is 7.05 Å². The normalized spacial score (nSPS) is 23.2. The van der Waals surface area contributed by atoms with Crippen LogP contribution in [0.2, 0.25) is 0 Å². The van der Waals surface area contributed by atoms with Gasteiger partial charge in [0.05, 0.1) is 6.04 Å². The van der Waals surface area contributed by atoms with Crippen molar-refractivity contribution in [3.63, 3.8) is 0 Å². The van der Waals surface area contributed by atoms with Crippen molar-refractivity contribution in [2.45, 2.75) is 39.7 Å². The smallest absolute Gasteiger partial charge is 0.243 e. The Hall–Kier alpha value is -1.35. The molecule has 0 bridgehead atoms. The van der Waals surface area contributed by atoms with Crippen molar-refractivity contribution in [1.82, 2.24) is 5.32 Å². The Bertz CT molecular complexity index is 450. The van der Waals surface area contributed by atoms with E-state index in [0.29, 0.717) is 5.92 Å². The van der Waals surface area contributed by atoms with Crippen LogP contribution in [-0.2, 0) is 4.79 Å². The van der Waals surface area contributed by atoms with Gasteiger partial charge in [0.2, 0.25) is 5.91 Å². The first kappa shape index (κ1) is 14.1. The molecule has 0 radical (unpaired) electrons. The van der Waals surface area contributed by atoms with Crippen LogP contribution in [0.25, 0.3) is 0 Å². The predicted octanol–water partition coefficient (Wildman–Crippen LogP) is 2.65. The molecule has 1 N–H and O–H groups in total. The Kier molecular flexibility index (Phi) is 4.25. The minimum Gasteiger partial charge on any atom is -0.314 e. The molecule has 104 valence electrons. The van der Waals surface area contributed by atoms with Crippen LogP contribution in [0.15, 0.2) is 18.2 Å². The quantitative estimate of drug-likeness (QED) is 0.886. The number of amides is 1. The van der Waals surface area contributed by atoms with Crippen LogP contribution in [0.4, 0.5) is 5.69 Å². The summed E-state index contributed by atoms with van der Waals surface area (Å²) in [4.78, 5) is 14.3. The molecule has 0 spiro atoms. The first-order valence-corrected chi connectivity index (χ1v) is 7.06. The lowest BCUT2D eigenvalue weighted by Gasteiger charge is -2.30. The molecule has 2 rings (SSSR count). The monoisotopic (exact) mass is 260 g/mol. The number of nitrogens with zero attached hydrogens (tertiary/aromatic N) is 1. The van der Waals surface area contributed by atoms with Gasteiger partial charge in [-0.3, -0.25) is 4.79 Å². The van der Waals surface area contributed by atoms with Crippen molar-refractivity contribution >= 4 is 11.6 Å². The highest BCUT2D eigenvalue weighted by Crippen LogP contribution is 2.21. The average Bonchev–Trinajstić information content (AvgIpc) is 2.36. The number of carbonyl (C=O) groups excluding carboxylic acids is 1. The molecule has 0 aromatic heterocycles. The van der Waals surface area contributed by atoms with Crippen LogP contribution in [0.3, 0.4) is 0 Å². The van der Waals surface area contributed by atoms with E-state index in [0.717, 1.165) is 25.1 Å². The molecule has 1 heterocycles. The highest BCUT2D eigenvalue weighted by molar-refractivity contribution is 5.96. The van der Waals surface area contributed by atoms with Gasteiger partial charge in [-0.15, -0.1) is 0 Å². The van der Waals surface area contributed by atoms with Gasteiger partial charge < -0.3 is 10.2 Å². The summed E-state index contributed by atoms with van der Waals surface area (Å²) in [7, 11) is 1.87. The van der Waals surface area contributed by atoms with Gasteiger partial charge in [0, 0.05) is 12.7 Å². The number of benzene rings is 1. The highest BCUT2D eigenvalue weighted by atomic mass is 16.2. The molecule has 0 aliphatic carbocycles. The predicted molar refractivity (Wildman–Crippen MR) is 79.5 cm³/mol. The molecule has 1 aromatic rings. The first-order chi connectivity index (χ1) is 8.97. The molecular weight excluding hydrogens is 236 g/mol. The fraction of sp³-hybridized carbons (Fsp3) is 0.562. The fourth-order valence-corrected chi connectivity index (χ4v) is 2.80. The highest BCUT2D eigenvalue weighted by Gasteiger charge is 2.27. The maximum atomic E-state index is 12.5. The molecular formula is C16H24N2O. The van der Waals surface area contributed by atoms with E-state index < -0.39 is 0 Å². The van der Waals surface area contributed by atoms with Gasteiger partial charge in [-0.25, -0.2) is 0 Å². The Balaban J connectivity index is 2.13. The van der Waals surface area contributed by atoms with E-state index in [2.05, 4.69) is 44.3 Å². The number of carbonyl (C=O) groups is 1. The molecule has 1 aliphatic rings. The standard InChI is InChI=1S/C16H24N2O/c1-11-5-6-17-15(10-11)16(19)18(4)14-8-12(2)7-13(3)9-14/h7-9,11,15,17H,5-6,10H2,1-4H3. The Labute approximate surface area is 116 Å². The molecule has 1 amide bonds. The zero-order chi connectivity index (χ0) is 14.0. The van der Waals surface area contributed by atoms with Gasteiger partial charge in [0.15, 0.2) is 0 Å². The number of hydrogen-bond donors (Lipinski definition) is 1. The molecule has 1 aromatic carbocycles. The topological polar surface area (TPSA) is 32.3 Å². The third kappa shape index (κ3) is 3.35. The average molecular weight is 260 g/mol. The summed E-state index contributed by atoms with van der Waals surface area (Å²) in [6.07, 6.45) is 2.10. The summed E-state index contributed by atoms with van der Waals surface area (Å²) >= 11 is 0. The molecule has 3 nitrogen and oxygen atoms in total. The number of anilines is 1. The molecule has 1 aliphatic heterocycles. The van der Waals surface area contributed by atoms with Gasteiger partial charge in [-0.05, 0) is 62.4 Å². The Morgan fingerprint density at radius 1 is 1.26 bits per heavy atom. The molecule has 2 atom stereocenters. The third-order valence-corrected chi connectivity index (χ3v) is 3.89. The minimum absolute atomic E-state index is 0.0328. The summed E-state index contributed by atoms with van der Waals surface area (Å²) in [5.41, 5.74) is 3.38. The molecule has 1 saturated heterocycles. The second-order valence-electron chi connectivity index (χ2n) is 5.88. The molecule has 19 heavy (non-hydrogen) atoms. The SMILES string of the molecule is Cc1cc(C)cc(N(C)C(=O)C2CC(C)CCN2)c1. The molecule has 0 saturated carbocycles. The first-order valence-electron chi connectivity index (χ1n) is 7.06. The van der Waals surface area contributed by atoms with Crippen LogP contribution in [0, 0.1) is 19.8 Å². The summed E-state index contributed by atoms with van der Waals surface area (Å²) in [5, 5.41) is 3.34. The van der Waals surface area contributed by atoms with E-state index in [1.165, 1.54) is 11.1 Å². The van der Waals surface area contributed by atoms with Crippen molar-refractivity contribution in [3.05, 3.63) is 29.3 Å². The lowest BCUT2D eigenvalue weighted by molar-refractivity contribution is -0.121. The van der Waals surface area contributed by atoms with Crippen molar-refractivity contribution in [1.29, 1.82) is 0 Å². The van der Waals surface area contributed by atoms with Crippen LogP contribution in [-0.4, -0.2) is 25.5 Å². The van der Waals surface area contributed by atoms with Crippen molar-refractivity contribution < 1.29 is 4.79 Å². The van der Waals surface area contributed by atoms with Crippen LogP contribution < -0.4 is 10.2 Å². The van der Waals surface area contributed by atoms with Gasteiger partial charge in [-0.1, -0.05) is 13.0 Å². The van der Waals surface area contributed by atoms with E-state index in [1.54, 1.807) is 4.90 Å². The second-order valence-corrected chi connectivity index (χ2v) is 5.88. The summed E-state index contributed by atoms with van der Waals surface area (Å²) < 4.78 is 0. The van der Waals surface area contributed by atoms with Crippen LogP contribution in [0.1, 0.15) is 30.9 Å². The van der Waals surface area contributed by atoms with Crippen molar-refractivity contribution in [3.8, 4) is 0 Å². The number of hydrogen-bond acceptors (Lipinski definition) is 2. The largest absolute Gasteiger partial charge is 0.314 e. The Morgan fingerprint density at radius 3 is 2.47 bits per heavy atom. The van der Waals surface area contributed by atoms with Gasteiger partial charge in [0.1, 0.15) is 0 Å². The Morgan fingerprint density at radius 2 is 1.89 bits per heavy atom. The number of nitrogens with one attached hydrogen (secondary N) is 1. The number of aryl methyl sites for hydroxylation is 2. The van der Waals surface area contributed by atoms with Crippen LogP contribution in [0.5, 0.6) is 0 Å². The van der Waals surface area contributed by atoms with E-state index in [-0.39, 0.29) is 11.9 Å². The van der Waals surface area contributed by atoms with Gasteiger partial charge in [-0.2, -0.15) is 0 Å². The second kappa shape index (κ2) is 5.74. The number of rotatable bonds is 2. The lowest BCUT2D eigenvalue weighted by Crippen LogP contribution is -2.49. The van der Waals surface area contributed by atoms with E-state index >= 15 is 0 Å². The van der Waals surface area contributed by atoms with Crippen LogP contribution >= 0.6 is 0 Å². The van der Waals surface area contributed by atoms with Crippen molar-refractivity contribution in [2.24, 2.45) is 5.92 Å². The van der Waals surface area contributed by atoms with Gasteiger partial charge in [0.25, 0.3) is 0 Å². The summed E-state index contributed by atoms with van der Waals surface area (Å²) in [6, 6.07) is 6.23. The maximum Gasteiger partial charge on any atom is 0.243 e. The third-order valence-electron chi connectivity index (χ3n) is 3.89. The van der Waals surface area contributed by atoms with Gasteiger partial charge >= 0.3 is 0 Å². The summed E-state index contributed by atoms with van der Waals surface area (Å²) in [6.45, 7) is 7.29. The lowest BCUT2D eigenvalue weighted by atomic mass is 9.93. The maximum absolute atomic E-state index is 12.5.